The van der Waals surface area contributed by atoms with Crippen LogP contribution in [0.3, 0.4) is 0 Å². The first-order valence-electron chi connectivity index (χ1n) is 7.01. The summed E-state index contributed by atoms with van der Waals surface area (Å²) in [6.07, 6.45) is 0. The largest absolute Gasteiger partial charge is 0.357 e. The molecular formula is C15H21N3OS. The third-order valence-electron chi connectivity index (χ3n) is 3.36. The molecule has 1 heterocycles. The quantitative estimate of drug-likeness (QED) is 0.905. The predicted octanol–water partition coefficient (Wildman–Crippen LogP) is 2.29. The fourth-order valence-corrected chi connectivity index (χ4v) is 3.15. The van der Waals surface area contributed by atoms with E-state index in [1.807, 2.05) is 32.0 Å². The molecule has 20 heavy (non-hydrogen) atoms. The van der Waals surface area contributed by atoms with Gasteiger partial charge in [-0.3, -0.25) is 9.79 Å². The number of nitrogens with zero attached hydrogens (tertiary/aromatic N) is 2. The Morgan fingerprint density at radius 2 is 2.05 bits per heavy atom. The van der Waals surface area contributed by atoms with Gasteiger partial charge in [0, 0.05) is 18.8 Å². The van der Waals surface area contributed by atoms with Gasteiger partial charge in [-0.1, -0.05) is 42.1 Å². The number of amidine groups is 1. The molecule has 2 rings (SSSR count). The molecule has 0 radical (unpaired) electrons. The molecular weight excluding hydrogens is 270 g/mol. The standard InChI is InChI=1S/C15H21N3OS/c1-3-18(4-2)14(19)10-16-15-17-13(11-20-15)12-8-6-5-7-9-12/h5-9,13H,3-4,10-11H2,1-2H3,(H,16,17). The monoisotopic (exact) mass is 291 g/mol. The molecule has 1 aliphatic heterocycles. The van der Waals surface area contributed by atoms with Gasteiger partial charge in [0.25, 0.3) is 0 Å². The van der Waals surface area contributed by atoms with E-state index in [9.17, 15) is 4.79 Å². The molecule has 0 saturated carbocycles. The molecule has 0 spiro atoms. The topological polar surface area (TPSA) is 44.7 Å². The number of hydrogen-bond acceptors (Lipinski definition) is 3. The normalized spacial score (nSPS) is 19.9. The summed E-state index contributed by atoms with van der Waals surface area (Å²) in [5.41, 5.74) is 1.26. The molecule has 1 aromatic rings. The van der Waals surface area contributed by atoms with Crippen molar-refractivity contribution in [1.29, 1.82) is 0 Å². The molecule has 0 bridgehead atoms. The van der Waals surface area contributed by atoms with Crippen molar-refractivity contribution in [3.8, 4) is 0 Å². The Bertz CT molecular complexity index is 471. The van der Waals surface area contributed by atoms with Crippen LogP contribution in [0.5, 0.6) is 0 Å². The Labute approximate surface area is 124 Å². The van der Waals surface area contributed by atoms with Crippen LogP contribution in [0.25, 0.3) is 0 Å². The van der Waals surface area contributed by atoms with Gasteiger partial charge in [0.2, 0.25) is 5.91 Å². The highest BCUT2D eigenvalue weighted by molar-refractivity contribution is 8.14. The van der Waals surface area contributed by atoms with E-state index in [0.717, 1.165) is 24.0 Å². The van der Waals surface area contributed by atoms with Crippen LogP contribution in [0.2, 0.25) is 0 Å². The van der Waals surface area contributed by atoms with Crippen molar-refractivity contribution in [3.05, 3.63) is 35.9 Å². The Morgan fingerprint density at radius 1 is 1.35 bits per heavy atom. The van der Waals surface area contributed by atoms with Gasteiger partial charge in [-0.2, -0.15) is 0 Å². The third kappa shape index (κ3) is 3.76. The molecule has 1 aromatic carbocycles. The fraction of sp³-hybridized carbons (Fsp3) is 0.467. The minimum atomic E-state index is 0.0908. The second-order valence-electron chi connectivity index (χ2n) is 4.61. The average molecular weight is 291 g/mol. The summed E-state index contributed by atoms with van der Waals surface area (Å²) in [5, 5.41) is 4.25. The van der Waals surface area contributed by atoms with E-state index in [4.69, 9.17) is 0 Å². The van der Waals surface area contributed by atoms with E-state index in [-0.39, 0.29) is 12.5 Å². The number of carbonyl (C=O) groups excluding carboxylic acids is 1. The first-order chi connectivity index (χ1) is 9.74. The number of nitrogens with one attached hydrogen (secondary N) is 1. The van der Waals surface area contributed by atoms with Gasteiger partial charge in [0.1, 0.15) is 6.54 Å². The Kier molecular flexibility index (Phi) is 5.47. The lowest BCUT2D eigenvalue weighted by atomic mass is 10.1. The highest BCUT2D eigenvalue weighted by Gasteiger charge is 2.21. The van der Waals surface area contributed by atoms with Crippen LogP contribution in [0, 0.1) is 0 Å². The van der Waals surface area contributed by atoms with Crippen molar-refractivity contribution in [2.75, 3.05) is 25.4 Å². The molecule has 4 nitrogen and oxygen atoms in total. The lowest BCUT2D eigenvalue weighted by molar-refractivity contribution is -0.129. The predicted molar refractivity (Wildman–Crippen MR) is 85.0 cm³/mol. The summed E-state index contributed by atoms with van der Waals surface area (Å²) < 4.78 is 0. The summed E-state index contributed by atoms with van der Waals surface area (Å²) in [6.45, 7) is 5.70. The van der Waals surface area contributed by atoms with Crippen molar-refractivity contribution in [2.45, 2.75) is 19.9 Å². The molecule has 0 aromatic heterocycles. The molecule has 1 amide bonds. The number of hydrogen-bond donors (Lipinski definition) is 1. The van der Waals surface area contributed by atoms with Crippen molar-refractivity contribution in [1.82, 2.24) is 10.2 Å². The molecule has 1 aliphatic rings. The molecule has 0 aliphatic carbocycles. The van der Waals surface area contributed by atoms with Gasteiger partial charge in [0.05, 0.1) is 6.04 Å². The average Bonchev–Trinajstić information content (AvgIpc) is 2.96. The van der Waals surface area contributed by atoms with Gasteiger partial charge in [0.15, 0.2) is 5.17 Å². The lowest BCUT2D eigenvalue weighted by Gasteiger charge is -2.17. The Morgan fingerprint density at radius 3 is 2.70 bits per heavy atom. The summed E-state index contributed by atoms with van der Waals surface area (Å²) in [7, 11) is 0. The maximum Gasteiger partial charge on any atom is 0.244 e. The minimum absolute atomic E-state index is 0.0908. The Hall–Kier alpha value is -1.49. The number of thioether (sulfide) groups is 1. The van der Waals surface area contributed by atoms with Crippen LogP contribution in [0.1, 0.15) is 25.5 Å². The fourth-order valence-electron chi connectivity index (χ4n) is 2.17. The van der Waals surface area contributed by atoms with Gasteiger partial charge >= 0.3 is 0 Å². The summed E-state index contributed by atoms with van der Waals surface area (Å²) in [6, 6.07) is 10.6. The van der Waals surface area contributed by atoms with E-state index >= 15 is 0 Å². The van der Waals surface area contributed by atoms with E-state index < -0.39 is 0 Å². The highest BCUT2D eigenvalue weighted by atomic mass is 32.2. The SMILES string of the molecule is CCN(CC)C(=O)CN=C1NC(c2ccccc2)CS1. The van der Waals surface area contributed by atoms with Crippen molar-refractivity contribution < 1.29 is 4.79 Å². The summed E-state index contributed by atoms with van der Waals surface area (Å²) in [5.74, 6) is 1.05. The third-order valence-corrected chi connectivity index (χ3v) is 4.38. The van der Waals surface area contributed by atoms with E-state index in [1.54, 1.807) is 16.7 Å². The maximum atomic E-state index is 11.9. The highest BCUT2D eigenvalue weighted by Crippen LogP contribution is 2.25. The zero-order valence-corrected chi connectivity index (χ0v) is 12.8. The zero-order valence-electron chi connectivity index (χ0n) is 12.0. The summed E-state index contributed by atoms with van der Waals surface area (Å²) in [4.78, 5) is 18.1. The number of benzene rings is 1. The van der Waals surface area contributed by atoms with E-state index in [2.05, 4.69) is 22.4 Å². The number of likely N-dealkylation sites (N-methyl/N-ethyl adjacent to an activating group) is 1. The van der Waals surface area contributed by atoms with Crippen LogP contribution >= 0.6 is 11.8 Å². The number of amides is 1. The molecule has 1 atom stereocenters. The van der Waals surface area contributed by atoms with Gasteiger partial charge in [-0.25, -0.2) is 0 Å². The zero-order chi connectivity index (χ0) is 14.4. The molecule has 1 N–H and O–H groups in total. The second kappa shape index (κ2) is 7.33. The lowest BCUT2D eigenvalue weighted by Crippen LogP contribution is -2.32. The smallest absolute Gasteiger partial charge is 0.244 e. The Balaban J connectivity index is 1.89. The van der Waals surface area contributed by atoms with Crippen LogP contribution in [0.4, 0.5) is 0 Å². The minimum Gasteiger partial charge on any atom is -0.357 e. The molecule has 108 valence electrons. The number of rotatable bonds is 5. The number of carbonyl (C=O) groups is 1. The van der Waals surface area contributed by atoms with Crippen LogP contribution in [-0.2, 0) is 4.79 Å². The number of aliphatic imine (C=N–C) groups is 1. The second-order valence-corrected chi connectivity index (χ2v) is 5.61. The first kappa shape index (κ1) is 14.9. The summed E-state index contributed by atoms with van der Waals surface area (Å²) >= 11 is 1.68. The first-order valence-corrected chi connectivity index (χ1v) is 7.99. The van der Waals surface area contributed by atoms with E-state index in [1.165, 1.54) is 5.56 Å². The molecule has 1 unspecified atom stereocenters. The van der Waals surface area contributed by atoms with E-state index in [0.29, 0.717) is 6.04 Å². The van der Waals surface area contributed by atoms with Crippen LogP contribution in [-0.4, -0.2) is 41.4 Å². The molecule has 1 saturated heterocycles. The van der Waals surface area contributed by atoms with Gasteiger partial charge < -0.3 is 10.2 Å². The van der Waals surface area contributed by atoms with Crippen molar-refractivity contribution in [2.24, 2.45) is 4.99 Å². The van der Waals surface area contributed by atoms with Crippen LogP contribution < -0.4 is 5.32 Å². The van der Waals surface area contributed by atoms with Crippen molar-refractivity contribution in [3.63, 3.8) is 0 Å². The van der Waals surface area contributed by atoms with Gasteiger partial charge in [-0.15, -0.1) is 0 Å². The van der Waals surface area contributed by atoms with Crippen molar-refractivity contribution >= 4 is 22.8 Å². The molecule has 5 heteroatoms. The maximum absolute atomic E-state index is 11.9. The van der Waals surface area contributed by atoms with Gasteiger partial charge in [-0.05, 0) is 19.4 Å². The molecule has 1 fully saturated rings. The van der Waals surface area contributed by atoms with Crippen LogP contribution in [0.15, 0.2) is 35.3 Å².